The number of hydrogen-bond acceptors (Lipinski definition) is 5. The predicted molar refractivity (Wildman–Crippen MR) is 90.5 cm³/mol. The van der Waals surface area contributed by atoms with Gasteiger partial charge in [-0.1, -0.05) is 6.42 Å². The number of hydrogen-bond donors (Lipinski definition) is 1. The number of aromatic nitrogens is 2. The average Bonchev–Trinajstić information content (AvgIpc) is 3.21. The number of ether oxygens (including phenoxy) is 1. The fourth-order valence-corrected chi connectivity index (χ4v) is 3.30. The molecule has 0 bridgehead atoms. The molecule has 2 atom stereocenters. The maximum Gasteiger partial charge on any atom is 0.129 e. The summed E-state index contributed by atoms with van der Waals surface area (Å²) in [6.07, 6.45) is 8.70. The molecule has 1 aliphatic rings. The van der Waals surface area contributed by atoms with Gasteiger partial charge in [0.25, 0.3) is 0 Å². The summed E-state index contributed by atoms with van der Waals surface area (Å²) in [6, 6.07) is 4.14. The van der Waals surface area contributed by atoms with Crippen LogP contribution in [0.5, 0.6) is 0 Å². The van der Waals surface area contributed by atoms with Gasteiger partial charge in [-0.2, -0.15) is 5.10 Å². The number of aliphatic hydroxyl groups is 1. The summed E-state index contributed by atoms with van der Waals surface area (Å²) in [5, 5.41) is 14.7. The predicted octanol–water partition coefficient (Wildman–Crippen LogP) is 2.22. The van der Waals surface area contributed by atoms with E-state index >= 15 is 0 Å². The highest BCUT2D eigenvalue weighted by Crippen LogP contribution is 2.19. The highest BCUT2D eigenvalue weighted by atomic mass is 16.5. The quantitative estimate of drug-likeness (QED) is 0.802. The molecule has 2 aromatic heterocycles. The lowest BCUT2D eigenvalue weighted by molar-refractivity contribution is -0.00928. The third-order valence-electron chi connectivity index (χ3n) is 4.49. The van der Waals surface area contributed by atoms with Gasteiger partial charge in [0.15, 0.2) is 0 Å². The zero-order chi connectivity index (χ0) is 16.8. The van der Waals surface area contributed by atoms with Crippen LogP contribution >= 0.6 is 0 Å². The topological polar surface area (TPSA) is 63.7 Å². The van der Waals surface area contributed by atoms with Crippen LogP contribution in [0.25, 0.3) is 0 Å². The van der Waals surface area contributed by atoms with E-state index in [1.165, 1.54) is 18.4 Å². The lowest BCUT2D eigenvalue weighted by atomic mass is 10.0. The highest BCUT2D eigenvalue weighted by molar-refractivity contribution is 5.00. The molecule has 1 N–H and O–H groups in total. The molecule has 0 radical (unpaired) electrons. The van der Waals surface area contributed by atoms with Gasteiger partial charge in [0.1, 0.15) is 12.4 Å². The van der Waals surface area contributed by atoms with Crippen LogP contribution in [-0.4, -0.2) is 51.6 Å². The van der Waals surface area contributed by atoms with E-state index in [-0.39, 0.29) is 0 Å². The highest BCUT2D eigenvalue weighted by Gasteiger charge is 2.25. The molecule has 24 heavy (non-hydrogen) atoms. The molecule has 1 fully saturated rings. The molecule has 132 valence electrons. The minimum atomic E-state index is -0.486. The zero-order valence-electron chi connectivity index (χ0n) is 14.3. The van der Waals surface area contributed by atoms with Gasteiger partial charge in [-0.3, -0.25) is 9.58 Å². The number of aryl methyl sites for hydroxylation is 1. The third-order valence-corrected chi connectivity index (χ3v) is 4.49. The molecular weight excluding hydrogens is 306 g/mol. The Balaban J connectivity index is 1.45. The zero-order valence-corrected chi connectivity index (χ0v) is 14.3. The Morgan fingerprint density at radius 3 is 3.12 bits per heavy atom. The summed E-state index contributed by atoms with van der Waals surface area (Å²) in [5.41, 5.74) is 1.18. The maximum atomic E-state index is 10.3. The van der Waals surface area contributed by atoms with E-state index in [4.69, 9.17) is 9.15 Å². The molecule has 3 rings (SSSR count). The van der Waals surface area contributed by atoms with Crippen molar-refractivity contribution in [2.45, 2.75) is 51.5 Å². The second-order valence-corrected chi connectivity index (χ2v) is 6.63. The van der Waals surface area contributed by atoms with Gasteiger partial charge in [0, 0.05) is 18.8 Å². The van der Waals surface area contributed by atoms with Crippen molar-refractivity contribution in [2.75, 3.05) is 19.7 Å². The molecule has 0 spiro atoms. The van der Waals surface area contributed by atoms with Crippen LogP contribution in [0.3, 0.4) is 0 Å². The van der Waals surface area contributed by atoms with Crippen molar-refractivity contribution in [3.05, 3.63) is 42.1 Å². The van der Waals surface area contributed by atoms with E-state index < -0.39 is 6.10 Å². The molecule has 0 aliphatic carbocycles. The van der Waals surface area contributed by atoms with Crippen LogP contribution < -0.4 is 0 Å². The van der Waals surface area contributed by atoms with E-state index in [2.05, 4.69) is 23.1 Å². The van der Waals surface area contributed by atoms with E-state index in [0.29, 0.717) is 25.8 Å². The fourth-order valence-electron chi connectivity index (χ4n) is 3.30. The van der Waals surface area contributed by atoms with Crippen molar-refractivity contribution in [1.82, 2.24) is 14.7 Å². The summed E-state index contributed by atoms with van der Waals surface area (Å²) in [5.74, 6) is 0.784. The molecule has 1 aliphatic heterocycles. The maximum absolute atomic E-state index is 10.3. The summed E-state index contributed by atoms with van der Waals surface area (Å²) >= 11 is 0. The first-order valence-electron chi connectivity index (χ1n) is 8.72. The molecule has 0 amide bonds. The van der Waals surface area contributed by atoms with Crippen molar-refractivity contribution < 1.29 is 14.3 Å². The van der Waals surface area contributed by atoms with Gasteiger partial charge in [-0.25, -0.2) is 0 Å². The van der Waals surface area contributed by atoms with E-state index in [1.807, 2.05) is 23.0 Å². The fraction of sp³-hybridized carbons (Fsp3) is 0.611. The van der Waals surface area contributed by atoms with Crippen LogP contribution in [0, 0.1) is 6.92 Å². The first-order chi connectivity index (χ1) is 11.7. The number of β-amino-alcohol motifs (C(OH)–C–C–N with tert-alkyl or cyclic N) is 1. The molecule has 3 heterocycles. The Labute approximate surface area is 143 Å². The van der Waals surface area contributed by atoms with Crippen molar-refractivity contribution in [2.24, 2.45) is 0 Å². The second-order valence-electron chi connectivity index (χ2n) is 6.63. The number of likely N-dealkylation sites (tertiary alicyclic amines) is 1. The smallest absolute Gasteiger partial charge is 0.129 e. The Morgan fingerprint density at radius 1 is 1.46 bits per heavy atom. The lowest BCUT2D eigenvalue weighted by Crippen LogP contribution is -2.46. The van der Waals surface area contributed by atoms with Crippen LogP contribution in [0.15, 0.2) is 35.2 Å². The Kier molecular flexibility index (Phi) is 6.07. The Bertz CT molecular complexity index is 596. The van der Waals surface area contributed by atoms with Gasteiger partial charge in [0.05, 0.1) is 31.7 Å². The number of rotatable bonds is 8. The van der Waals surface area contributed by atoms with E-state index in [0.717, 1.165) is 25.3 Å². The van der Waals surface area contributed by atoms with E-state index in [1.54, 1.807) is 6.26 Å². The summed E-state index contributed by atoms with van der Waals surface area (Å²) < 4.78 is 12.8. The number of aliphatic hydroxyl groups excluding tert-OH is 1. The second kappa shape index (κ2) is 8.46. The van der Waals surface area contributed by atoms with Crippen molar-refractivity contribution >= 4 is 0 Å². The first kappa shape index (κ1) is 17.2. The third kappa shape index (κ3) is 4.93. The van der Waals surface area contributed by atoms with Gasteiger partial charge in [-0.05, 0) is 44.0 Å². The monoisotopic (exact) mass is 333 g/mol. The average molecular weight is 333 g/mol. The van der Waals surface area contributed by atoms with Crippen molar-refractivity contribution in [1.29, 1.82) is 0 Å². The minimum absolute atomic E-state index is 0.324. The first-order valence-corrected chi connectivity index (χ1v) is 8.72. The molecule has 2 aromatic rings. The van der Waals surface area contributed by atoms with E-state index in [9.17, 15) is 5.11 Å². The molecular formula is C18H27N3O3. The van der Waals surface area contributed by atoms with Crippen molar-refractivity contribution in [3.8, 4) is 0 Å². The SMILES string of the molecule is Cc1cnn(C[C@@H]2CCCCN2C[C@H](O)COCc2ccco2)c1. The number of furan rings is 1. The van der Waals surface area contributed by atoms with Crippen LogP contribution in [0.2, 0.25) is 0 Å². The summed E-state index contributed by atoms with van der Waals surface area (Å²) in [6.45, 7) is 5.34. The van der Waals surface area contributed by atoms with Crippen LogP contribution in [0.4, 0.5) is 0 Å². The van der Waals surface area contributed by atoms with Gasteiger partial charge in [0.2, 0.25) is 0 Å². The summed E-state index contributed by atoms with van der Waals surface area (Å²) in [7, 11) is 0. The largest absolute Gasteiger partial charge is 0.467 e. The number of nitrogens with zero attached hydrogens (tertiary/aromatic N) is 3. The molecule has 0 saturated carbocycles. The molecule has 1 saturated heterocycles. The van der Waals surface area contributed by atoms with Crippen LogP contribution in [0.1, 0.15) is 30.6 Å². The summed E-state index contributed by atoms with van der Waals surface area (Å²) in [4.78, 5) is 2.38. The Morgan fingerprint density at radius 2 is 2.38 bits per heavy atom. The molecule has 0 aromatic carbocycles. The molecule has 6 nitrogen and oxygen atoms in total. The molecule has 6 heteroatoms. The van der Waals surface area contributed by atoms with Gasteiger partial charge in [-0.15, -0.1) is 0 Å². The van der Waals surface area contributed by atoms with Crippen LogP contribution in [-0.2, 0) is 17.9 Å². The normalized spacial score (nSPS) is 20.3. The molecule has 0 unspecified atom stereocenters. The standard InChI is InChI=1S/C18H27N3O3/c1-15-9-19-21(10-15)11-16-5-2-3-7-20(16)12-17(22)13-23-14-18-6-4-8-24-18/h4,6,8-10,16-17,22H,2-3,5,7,11-14H2,1H3/t16-,17-/m0/s1. The Hall–Kier alpha value is -1.63. The minimum Gasteiger partial charge on any atom is -0.467 e. The van der Waals surface area contributed by atoms with Crippen molar-refractivity contribution in [3.63, 3.8) is 0 Å². The number of piperidine rings is 1. The van der Waals surface area contributed by atoms with Gasteiger partial charge < -0.3 is 14.3 Å². The van der Waals surface area contributed by atoms with Gasteiger partial charge >= 0.3 is 0 Å². The lowest BCUT2D eigenvalue weighted by Gasteiger charge is -2.36.